The van der Waals surface area contributed by atoms with E-state index in [0.29, 0.717) is 23.4 Å². The summed E-state index contributed by atoms with van der Waals surface area (Å²) in [6.07, 6.45) is 4.13. The monoisotopic (exact) mass is 376 g/mol. The second-order valence-electron chi connectivity index (χ2n) is 8.24. The van der Waals surface area contributed by atoms with Gasteiger partial charge in [0.1, 0.15) is 5.75 Å². The molecule has 0 radical (unpaired) electrons. The fraction of sp³-hybridized carbons (Fsp3) is 0.579. The highest BCUT2D eigenvalue weighted by atomic mass is 31.2. The summed E-state index contributed by atoms with van der Waals surface area (Å²) >= 11 is 0. The maximum Gasteiger partial charge on any atom is 0.434 e. The lowest BCUT2D eigenvalue weighted by atomic mass is 9.65. The Hall–Kier alpha value is -1.33. The number of hydrogen-bond donors (Lipinski definition) is 3. The molecule has 1 aromatic heterocycles. The third kappa shape index (κ3) is 2.26. The van der Waals surface area contributed by atoms with Crippen LogP contribution in [-0.4, -0.2) is 43.3 Å². The number of hydrogen-bond acceptors (Lipinski definition) is 3. The van der Waals surface area contributed by atoms with Crippen LogP contribution in [0.2, 0.25) is 0 Å². The molecule has 26 heavy (non-hydrogen) atoms. The molecule has 1 unspecified atom stereocenters. The first-order valence-electron chi connectivity index (χ1n) is 9.55. The topological polar surface area (TPSA) is 85.9 Å². The molecule has 4 heterocycles. The fourth-order valence-electron chi connectivity index (χ4n) is 6.09. The van der Waals surface area contributed by atoms with Crippen LogP contribution in [0.4, 0.5) is 0 Å². The van der Waals surface area contributed by atoms with Crippen molar-refractivity contribution < 1.29 is 19.5 Å². The summed E-state index contributed by atoms with van der Waals surface area (Å²) in [6, 6.07) is 5.20. The molecule has 5 atom stereocenters. The van der Waals surface area contributed by atoms with Crippen molar-refractivity contribution in [3.63, 3.8) is 0 Å². The zero-order valence-electron chi connectivity index (χ0n) is 14.9. The van der Waals surface area contributed by atoms with Gasteiger partial charge in [0.05, 0.1) is 5.52 Å². The van der Waals surface area contributed by atoms with Gasteiger partial charge in [0.25, 0.3) is 0 Å². The second-order valence-corrected chi connectivity index (χ2v) is 9.66. The molecule has 0 spiro atoms. The van der Waals surface area contributed by atoms with E-state index in [4.69, 9.17) is 0 Å². The van der Waals surface area contributed by atoms with Crippen LogP contribution in [0.5, 0.6) is 5.75 Å². The predicted octanol–water partition coefficient (Wildman–Crippen LogP) is 3.05. The van der Waals surface area contributed by atoms with Gasteiger partial charge in [-0.1, -0.05) is 13.3 Å². The second kappa shape index (κ2) is 5.59. The Morgan fingerprint density at radius 2 is 2.08 bits per heavy atom. The Balaban J connectivity index is 1.81. The Labute approximate surface area is 152 Å². The van der Waals surface area contributed by atoms with E-state index in [9.17, 15) is 19.5 Å². The lowest BCUT2D eigenvalue weighted by Crippen LogP contribution is -2.56. The van der Waals surface area contributed by atoms with Crippen molar-refractivity contribution in [3.8, 4) is 5.75 Å². The normalized spacial score (nSPS) is 33.3. The van der Waals surface area contributed by atoms with Crippen molar-refractivity contribution in [2.75, 3.05) is 13.1 Å². The van der Waals surface area contributed by atoms with E-state index in [-0.39, 0.29) is 11.7 Å². The van der Waals surface area contributed by atoms with E-state index in [2.05, 4.69) is 11.8 Å². The van der Waals surface area contributed by atoms with Gasteiger partial charge in [-0.15, -0.1) is 0 Å². The van der Waals surface area contributed by atoms with Gasteiger partial charge in [0.2, 0.25) is 0 Å². The molecule has 1 saturated carbocycles. The van der Waals surface area contributed by atoms with Crippen LogP contribution in [0.15, 0.2) is 18.2 Å². The lowest BCUT2D eigenvalue weighted by Gasteiger charge is -2.53. The Morgan fingerprint density at radius 1 is 1.27 bits per heavy atom. The quantitative estimate of drug-likeness (QED) is 0.702. The molecule has 3 N–H and O–H groups in total. The van der Waals surface area contributed by atoms with Crippen LogP contribution < -0.4 is 0 Å². The van der Waals surface area contributed by atoms with Crippen molar-refractivity contribution in [1.29, 1.82) is 0 Å². The predicted molar refractivity (Wildman–Crippen MR) is 99.4 cm³/mol. The molecule has 140 valence electrons. The number of piperidine rings is 2. The Morgan fingerprint density at radius 3 is 2.81 bits per heavy atom. The van der Waals surface area contributed by atoms with Gasteiger partial charge >= 0.3 is 7.75 Å². The van der Waals surface area contributed by atoms with Crippen LogP contribution in [0.1, 0.15) is 43.4 Å². The molecule has 4 bridgehead atoms. The highest BCUT2D eigenvalue weighted by Crippen LogP contribution is 2.55. The molecule has 2 aromatic rings. The third-order valence-corrected chi connectivity index (χ3v) is 7.84. The molecule has 4 aliphatic rings. The van der Waals surface area contributed by atoms with Gasteiger partial charge in [-0.25, -0.2) is 4.57 Å². The smallest absolute Gasteiger partial charge is 0.434 e. The maximum atomic E-state index is 12.5. The SMILES string of the molecule is CC[C@H]1C[C@@H]2C[C@H]3c4c(c5cc(O)ccc5n4P(=O)(O)O)CCN(C2)[C@@H]13. The summed E-state index contributed by atoms with van der Waals surface area (Å²) in [5.41, 5.74) is 2.40. The molecule has 0 amide bonds. The van der Waals surface area contributed by atoms with Gasteiger partial charge in [-0.05, 0) is 54.9 Å². The van der Waals surface area contributed by atoms with Crippen molar-refractivity contribution in [2.24, 2.45) is 11.8 Å². The molecule has 6 nitrogen and oxygen atoms in total. The first kappa shape index (κ1) is 16.8. The van der Waals surface area contributed by atoms with Gasteiger partial charge in [0, 0.05) is 36.1 Å². The standard InChI is InChI=1S/C19H25N2O4P/c1-2-12-7-11-8-16-18(12)20(10-11)6-5-14-15-9-13(22)3-4-17(15)21(19(14)16)26(23,24)25/h3-4,9,11-12,16,18,22H,2,5-8,10H2,1H3,(H2,23,24,25)/t11-,12+,16-,18+/m1/s1. The fourth-order valence-corrected chi connectivity index (χ4v) is 7.10. The molecule has 3 fully saturated rings. The number of fused-ring (bicyclic) bond motifs is 4. The molecule has 6 rings (SSSR count). The van der Waals surface area contributed by atoms with Gasteiger partial charge < -0.3 is 14.9 Å². The molecular weight excluding hydrogens is 351 g/mol. The van der Waals surface area contributed by atoms with Crippen LogP contribution in [0.3, 0.4) is 0 Å². The molecule has 3 aliphatic heterocycles. The molecule has 2 saturated heterocycles. The van der Waals surface area contributed by atoms with Gasteiger partial charge in [-0.3, -0.25) is 9.24 Å². The van der Waals surface area contributed by atoms with E-state index in [1.165, 1.54) is 16.8 Å². The zero-order chi connectivity index (χ0) is 18.2. The van der Waals surface area contributed by atoms with E-state index in [1.807, 2.05) is 0 Å². The number of phenolic OH excluding ortho intramolecular Hbond substituents is 1. The Kier molecular flexibility index (Phi) is 3.61. The largest absolute Gasteiger partial charge is 0.508 e. The van der Waals surface area contributed by atoms with Crippen LogP contribution >= 0.6 is 7.75 Å². The van der Waals surface area contributed by atoms with Crippen LogP contribution in [0.25, 0.3) is 10.9 Å². The van der Waals surface area contributed by atoms with Crippen molar-refractivity contribution in [1.82, 2.24) is 9.24 Å². The molecule has 1 aromatic carbocycles. The molecule has 7 heteroatoms. The summed E-state index contributed by atoms with van der Waals surface area (Å²) < 4.78 is 13.8. The minimum Gasteiger partial charge on any atom is -0.508 e. The highest BCUT2D eigenvalue weighted by molar-refractivity contribution is 7.50. The third-order valence-electron chi connectivity index (χ3n) is 6.89. The summed E-state index contributed by atoms with van der Waals surface area (Å²) in [7, 11) is -4.49. The van der Waals surface area contributed by atoms with Crippen molar-refractivity contribution in [2.45, 2.75) is 44.6 Å². The first-order valence-corrected chi connectivity index (χ1v) is 11.1. The van der Waals surface area contributed by atoms with E-state index >= 15 is 0 Å². The van der Waals surface area contributed by atoms with E-state index in [1.54, 1.807) is 12.1 Å². The van der Waals surface area contributed by atoms with E-state index < -0.39 is 7.75 Å². The summed E-state index contributed by atoms with van der Waals surface area (Å²) in [5, 5.41) is 10.8. The highest BCUT2D eigenvalue weighted by Gasteiger charge is 2.50. The zero-order valence-corrected chi connectivity index (χ0v) is 15.8. The minimum atomic E-state index is -4.49. The first-order chi connectivity index (χ1) is 12.4. The minimum absolute atomic E-state index is 0.142. The number of nitrogens with zero attached hydrogens (tertiary/aromatic N) is 2. The van der Waals surface area contributed by atoms with E-state index in [0.717, 1.165) is 49.0 Å². The van der Waals surface area contributed by atoms with Gasteiger partial charge in [0.15, 0.2) is 0 Å². The summed E-state index contributed by atoms with van der Waals surface area (Å²) in [6.45, 7) is 4.27. The van der Waals surface area contributed by atoms with Crippen LogP contribution in [-0.2, 0) is 11.0 Å². The number of phenols is 1. The average molecular weight is 376 g/mol. The number of aromatic nitrogens is 1. The number of benzene rings is 1. The maximum absolute atomic E-state index is 12.5. The summed E-state index contributed by atoms with van der Waals surface area (Å²) in [4.78, 5) is 22.9. The van der Waals surface area contributed by atoms with Gasteiger partial charge in [-0.2, -0.15) is 0 Å². The lowest BCUT2D eigenvalue weighted by molar-refractivity contribution is -0.0137. The number of aromatic hydroxyl groups is 1. The Bertz CT molecular complexity index is 933. The summed E-state index contributed by atoms with van der Waals surface area (Å²) in [5.74, 6) is 1.50. The number of rotatable bonds is 2. The molecular formula is C19H25N2O4P. The van der Waals surface area contributed by atoms with Crippen molar-refractivity contribution in [3.05, 3.63) is 29.5 Å². The van der Waals surface area contributed by atoms with Crippen LogP contribution in [0, 0.1) is 11.8 Å². The average Bonchev–Trinajstić information content (AvgIpc) is 2.87. The van der Waals surface area contributed by atoms with Crippen molar-refractivity contribution >= 4 is 18.6 Å². The molecule has 1 aliphatic carbocycles.